The molecule has 1 heterocycles. The van der Waals surface area contributed by atoms with Crippen molar-refractivity contribution in [3.8, 4) is 11.5 Å². The van der Waals surface area contributed by atoms with Gasteiger partial charge >= 0.3 is 0 Å². The third-order valence-corrected chi connectivity index (χ3v) is 2.47. The van der Waals surface area contributed by atoms with Crippen molar-refractivity contribution in [2.45, 2.75) is 19.6 Å². The van der Waals surface area contributed by atoms with Gasteiger partial charge in [0.2, 0.25) is 5.78 Å². The molecule has 0 aromatic heterocycles. The van der Waals surface area contributed by atoms with Gasteiger partial charge in [-0.3, -0.25) is 4.79 Å². The number of ether oxygens (including phenoxy) is 1. The van der Waals surface area contributed by atoms with Crippen molar-refractivity contribution in [2.75, 3.05) is 0 Å². The van der Waals surface area contributed by atoms with Crippen LogP contribution in [0.5, 0.6) is 11.5 Å². The number of Topliss-reactive ketones (excluding diaryl/α,β-unsaturated/α-hetero) is 1. The zero-order chi connectivity index (χ0) is 11.9. The summed E-state index contributed by atoms with van der Waals surface area (Å²) < 4.78 is 5.17. The molecule has 0 spiro atoms. The Morgan fingerprint density at radius 1 is 1.44 bits per heavy atom. The number of hydrogen-bond acceptors (Lipinski definition) is 4. The number of allylic oxidation sites excluding steroid dienone is 1. The number of benzene rings is 1. The molecule has 1 aromatic carbocycles. The lowest BCUT2D eigenvalue weighted by molar-refractivity contribution is -0.0750. The van der Waals surface area contributed by atoms with Crippen LogP contribution >= 0.6 is 0 Å². The normalized spacial score (nSPS) is 23.6. The first-order chi connectivity index (χ1) is 7.47. The lowest BCUT2D eigenvalue weighted by Gasteiger charge is -2.14. The number of phenols is 1. The highest BCUT2D eigenvalue weighted by atomic mass is 16.6. The molecule has 1 aromatic rings. The highest BCUT2D eigenvalue weighted by Crippen LogP contribution is 2.41. The van der Waals surface area contributed by atoms with Gasteiger partial charge in [-0.05, 0) is 19.1 Å². The van der Waals surface area contributed by atoms with Gasteiger partial charge in [-0.15, -0.1) is 0 Å². The van der Waals surface area contributed by atoms with Crippen molar-refractivity contribution in [1.82, 2.24) is 0 Å². The number of rotatable bonds is 1. The van der Waals surface area contributed by atoms with Gasteiger partial charge in [-0.25, -0.2) is 0 Å². The molecule has 4 heteroatoms. The molecule has 0 radical (unpaired) electrons. The summed E-state index contributed by atoms with van der Waals surface area (Å²) in [4.78, 5) is 11.7. The SMILES string of the molecule is C/C=C/c1c(O)ccc2c1O[C@](C)(O)C2=O. The van der Waals surface area contributed by atoms with Gasteiger partial charge in [0.25, 0.3) is 5.79 Å². The minimum absolute atomic E-state index is 0.0161. The van der Waals surface area contributed by atoms with Gasteiger partial charge in [-0.2, -0.15) is 0 Å². The minimum Gasteiger partial charge on any atom is -0.507 e. The number of phenolic OH excluding ortho intramolecular Hbond substituents is 1. The second-order valence-electron chi connectivity index (χ2n) is 3.79. The lowest BCUT2D eigenvalue weighted by Crippen LogP contribution is -2.35. The summed E-state index contributed by atoms with van der Waals surface area (Å²) in [7, 11) is 0. The number of fused-ring (bicyclic) bond motifs is 1. The van der Waals surface area contributed by atoms with Crippen molar-refractivity contribution in [1.29, 1.82) is 0 Å². The van der Waals surface area contributed by atoms with Gasteiger partial charge in [0.05, 0.1) is 11.1 Å². The predicted octanol–water partition coefficient (Wildman–Crippen LogP) is 1.71. The molecule has 2 N–H and O–H groups in total. The smallest absolute Gasteiger partial charge is 0.270 e. The number of aliphatic hydroxyl groups is 1. The Kier molecular flexibility index (Phi) is 2.24. The van der Waals surface area contributed by atoms with Crippen LogP contribution in [0.25, 0.3) is 6.08 Å². The third kappa shape index (κ3) is 1.39. The van der Waals surface area contributed by atoms with Crippen LogP contribution in [0.1, 0.15) is 29.8 Å². The van der Waals surface area contributed by atoms with E-state index in [1.165, 1.54) is 19.1 Å². The Balaban J connectivity index is 2.66. The summed E-state index contributed by atoms with van der Waals surface area (Å²) in [6, 6.07) is 2.86. The monoisotopic (exact) mass is 220 g/mol. The van der Waals surface area contributed by atoms with Crippen LogP contribution in [-0.2, 0) is 0 Å². The molecule has 16 heavy (non-hydrogen) atoms. The Hall–Kier alpha value is -1.81. The quantitative estimate of drug-likeness (QED) is 0.756. The molecule has 84 valence electrons. The van der Waals surface area contributed by atoms with E-state index in [9.17, 15) is 15.0 Å². The molecule has 0 unspecified atom stereocenters. The first-order valence-electron chi connectivity index (χ1n) is 4.92. The van der Waals surface area contributed by atoms with Gasteiger partial charge in [-0.1, -0.05) is 12.2 Å². The molecule has 1 atom stereocenters. The van der Waals surface area contributed by atoms with Crippen LogP contribution in [0, 0.1) is 0 Å². The van der Waals surface area contributed by atoms with Gasteiger partial charge < -0.3 is 14.9 Å². The molecule has 0 saturated carbocycles. The van der Waals surface area contributed by atoms with Crippen LogP contribution in [-0.4, -0.2) is 21.8 Å². The summed E-state index contributed by atoms with van der Waals surface area (Å²) in [5.41, 5.74) is 0.696. The maximum atomic E-state index is 11.7. The molecule has 0 amide bonds. The average molecular weight is 220 g/mol. The van der Waals surface area contributed by atoms with E-state index in [2.05, 4.69) is 0 Å². The van der Waals surface area contributed by atoms with Gasteiger partial charge in [0.15, 0.2) is 0 Å². The third-order valence-electron chi connectivity index (χ3n) is 2.47. The number of hydrogen-bond donors (Lipinski definition) is 2. The Morgan fingerprint density at radius 3 is 2.75 bits per heavy atom. The summed E-state index contributed by atoms with van der Waals surface area (Å²) in [5.74, 6) is -2.09. The second-order valence-corrected chi connectivity index (χ2v) is 3.79. The first kappa shape index (κ1) is 10.7. The molecule has 2 rings (SSSR count). The number of aromatic hydroxyl groups is 1. The Labute approximate surface area is 92.8 Å². The number of ketones is 1. The fourth-order valence-corrected chi connectivity index (χ4v) is 1.70. The molecular formula is C12H12O4. The lowest BCUT2D eigenvalue weighted by atomic mass is 10.0. The standard InChI is InChI=1S/C12H12O4/c1-3-4-7-9(13)6-5-8-10(7)16-12(2,15)11(8)14/h3-6,13,15H,1-2H3/b4-3+/t12-/m0/s1. The largest absolute Gasteiger partial charge is 0.507 e. The van der Waals surface area contributed by atoms with Crippen molar-refractivity contribution in [3.63, 3.8) is 0 Å². The molecule has 0 saturated heterocycles. The molecule has 4 nitrogen and oxygen atoms in total. The zero-order valence-corrected chi connectivity index (χ0v) is 9.02. The van der Waals surface area contributed by atoms with Crippen molar-refractivity contribution < 1.29 is 19.7 Å². The fourth-order valence-electron chi connectivity index (χ4n) is 1.70. The summed E-state index contributed by atoms with van der Waals surface area (Å²) >= 11 is 0. The van der Waals surface area contributed by atoms with Crippen LogP contribution in [0.15, 0.2) is 18.2 Å². The van der Waals surface area contributed by atoms with E-state index in [1.807, 2.05) is 0 Å². The fraction of sp³-hybridized carbons (Fsp3) is 0.250. The molecule has 1 aliphatic rings. The van der Waals surface area contributed by atoms with Gasteiger partial charge in [0.1, 0.15) is 11.5 Å². The molecule has 0 fully saturated rings. The summed E-state index contributed by atoms with van der Waals surface area (Å²) in [6.45, 7) is 3.07. The van der Waals surface area contributed by atoms with Crippen molar-refractivity contribution in [2.24, 2.45) is 0 Å². The second kappa shape index (κ2) is 3.35. The maximum absolute atomic E-state index is 11.7. The topological polar surface area (TPSA) is 66.8 Å². The molecule has 0 bridgehead atoms. The van der Waals surface area contributed by atoms with Crippen LogP contribution in [0.2, 0.25) is 0 Å². The van der Waals surface area contributed by atoms with E-state index in [0.29, 0.717) is 5.56 Å². The average Bonchev–Trinajstić information content (AvgIpc) is 2.44. The Bertz CT molecular complexity index is 486. The number of carbonyl (C=O) groups is 1. The van der Waals surface area contributed by atoms with E-state index in [-0.39, 0.29) is 17.1 Å². The summed E-state index contributed by atoms with van der Waals surface area (Å²) in [5, 5.41) is 19.3. The Morgan fingerprint density at radius 2 is 2.12 bits per heavy atom. The molecule has 0 aliphatic carbocycles. The van der Waals surface area contributed by atoms with Crippen molar-refractivity contribution >= 4 is 11.9 Å². The van der Waals surface area contributed by atoms with Crippen molar-refractivity contribution in [3.05, 3.63) is 29.3 Å². The zero-order valence-electron chi connectivity index (χ0n) is 9.02. The first-order valence-corrected chi connectivity index (χ1v) is 4.92. The van der Waals surface area contributed by atoms with E-state index < -0.39 is 11.6 Å². The van der Waals surface area contributed by atoms with E-state index in [0.717, 1.165) is 0 Å². The molecular weight excluding hydrogens is 208 g/mol. The highest BCUT2D eigenvalue weighted by molar-refractivity contribution is 6.07. The highest BCUT2D eigenvalue weighted by Gasteiger charge is 2.43. The van der Waals surface area contributed by atoms with Crippen LogP contribution in [0.4, 0.5) is 0 Å². The molecule has 1 aliphatic heterocycles. The van der Waals surface area contributed by atoms with E-state index in [1.54, 1.807) is 19.1 Å². The predicted molar refractivity (Wildman–Crippen MR) is 58.4 cm³/mol. The van der Waals surface area contributed by atoms with E-state index in [4.69, 9.17) is 4.74 Å². The van der Waals surface area contributed by atoms with Gasteiger partial charge in [0, 0.05) is 6.92 Å². The number of carbonyl (C=O) groups excluding carboxylic acids is 1. The summed E-state index contributed by atoms with van der Waals surface area (Å²) in [6.07, 6.45) is 3.35. The van der Waals surface area contributed by atoms with Crippen LogP contribution < -0.4 is 4.74 Å². The minimum atomic E-state index is -1.84. The van der Waals surface area contributed by atoms with E-state index >= 15 is 0 Å². The maximum Gasteiger partial charge on any atom is 0.270 e. The van der Waals surface area contributed by atoms with Crippen LogP contribution in [0.3, 0.4) is 0 Å².